The smallest absolute Gasteiger partial charge is 0.123 e. The van der Waals surface area contributed by atoms with Crippen molar-refractivity contribution < 1.29 is 9.47 Å². The van der Waals surface area contributed by atoms with Crippen LogP contribution in [0.3, 0.4) is 0 Å². The van der Waals surface area contributed by atoms with E-state index in [0.717, 1.165) is 24.3 Å². The average molecular weight is 314 g/mol. The molecule has 3 nitrogen and oxygen atoms in total. The highest BCUT2D eigenvalue weighted by atomic mass is 35.5. The Morgan fingerprint density at radius 3 is 2.48 bits per heavy atom. The molecule has 1 rings (SSSR count). The van der Waals surface area contributed by atoms with Crippen LogP contribution in [0.1, 0.15) is 45.7 Å². The van der Waals surface area contributed by atoms with Crippen LogP contribution in [-0.2, 0) is 4.74 Å². The zero-order valence-electron chi connectivity index (χ0n) is 13.8. The second-order valence-electron chi connectivity index (χ2n) is 5.48. The fraction of sp³-hybridized carbons (Fsp3) is 0.647. The molecule has 0 aromatic heterocycles. The molecule has 2 atom stereocenters. The number of nitrogens with one attached hydrogen (secondary N) is 1. The van der Waals surface area contributed by atoms with Crippen LogP contribution in [0.5, 0.6) is 5.75 Å². The summed E-state index contributed by atoms with van der Waals surface area (Å²) in [6.45, 7) is 10.2. The van der Waals surface area contributed by atoms with Crippen LogP contribution in [0.15, 0.2) is 18.2 Å². The first kappa shape index (κ1) is 18.3. The van der Waals surface area contributed by atoms with Crippen molar-refractivity contribution in [3.8, 4) is 5.75 Å². The van der Waals surface area contributed by atoms with E-state index in [0.29, 0.717) is 17.5 Å². The third kappa shape index (κ3) is 5.17. The van der Waals surface area contributed by atoms with E-state index in [1.165, 1.54) is 0 Å². The summed E-state index contributed by atoms with van der Waals surface area (Å²) in [4.78, 5) is 0. The second kappa shape index (κ2) is 9.29. The minimum Gasteiger partial charge on any atom is -0.496 e. The van der Waals surface area contributed by atoms with Gasteiger partial charge >= 0.3 is 0 Å². The Morgan fingerprint density at radius 1 is 1.24 bits per heavy atom. The molecule has 0 amide bonds. The second-order valence-corrected chi connectivity index (χ2v) is 5.92. The van der Waals surface area contributed by atoms with Gasteiger partial charge in [0.2, 0.25) is 0 Å². The van der Waals surface area contributed by atoms with E-state index in [-0.39, 0.29) is 12.1 Å². The van der Waals surface area contributed by atoms with Gasteiger partial charge < -0.3 is 14.8 Å². The van der Waals surface area contributed by atoms with Crippen molar-refractivity contribution in [1.82, 2.24) is 5.32 Å². The van der Waals surface area contributed by atoms with Gasteiger partial charge in [0.25, 0.3) is 0 Å². The quantitative estimate of drug-likeness (QED) is 0.730. The lowest BCUT2D eigenvalue weighted by Gasteiger charge is -2.32. The Kier molecular flexibility index (Phi) is 8.09. The number of ether oxygens (including phenoxy) is 2. The lowest BCUT2D eigenvalue weighted by atomic mass is 9.92. The molecule has 1 aromatic rings. The third-order valence-corrected chi connectivity index (χ3v) is 3.72. The van der Waals surface area contributed by atoms with Gasteiger partial charge in [0.05, 0.1) is 19.3 Å². The summed E-state index contributed by atoms with van der Waals surface area (Å²) < 4.78 is 11.5. The Labute approximate surface area is 134 Å². The Bertz CT molecular complexity index is 423. The van der Waals surface area contributed by atoms with Gasteiger partial charge in [-0.2, -0.15) is 0 Å². The number of hydrogen-bond acceptors (Lipinski definition) is 3. The van der Waals surface area contributed by atoms with Crippen molar-refractivity contribution in [3.05, 3.63) is 28.8 Å². The molecular weight excluding hydrogens is 286 g/mol. The van der Waals surface area contributed by atoms with Gasteiger partial charge in [-0.3, -0.25) is 0 Å². The lowest BCUT2D eigenvalue weighted by molar-refractivity contribution is 0.00233. The maximum atomic E-state index is 6.19. The van der Waals surface area contributed by atoms with Crippen LogP contribution in [0.4, 0.5) is 0 Å². The molecule has 0 saturated heterocycles. The molecule has 2 unspecified atom stereocenters. The van der Waals surface area contributed by atoms with Gasteiger partial charge in [-0.05, 0) is 44.0 Å². The van der Waals surface area contributed by atoms with Crippen molar-refractivity contribution in [2.45, 2.75) is 46.3 Å². The minimum absolute atomic E-state index is 0.0681. The molecule has 0 spiro atoms. The average Bonchev–Trinajstić information content (AvgIpc) is 2.46. The molecule has 0 aliphatic carbocycles. The molecule has 0 bridgehead atoms. The van der Waals surface area contributed by atoms with E-state index in [4.69, 9.17) is 21.1 Å². The van der Waals surface area contributed by atoms with Gasteiger partial charge in [-0.15, -0.1) is 0 Å². The number of rotatable bonds is 9. The van der Waals surface area contributed by atoms with Gasteiger partial charge in [0.15, 0.2) is 0 Å². The molecule has 0 aliphatic rings. The van der Waals surface area contributed by atoms with Crippen LogP contribution in [-0.4, -0.2) is 26.4 Å². The number of benzene rings is 1. The molecule has 4 heteroatoms. The Balaban J connectivity index is 3.19. The molecule has 0 fully saturated rings. The van der Waals surface area contributed by atoms with Crippen molar-refractivity contribution in [2.75, 3.05) is 20.3 Å². The zero-order valence-corrected chi connectivity index (χ0v) is 14.5. The summed E-state index contributed by atoms with van der Waals surface area (Å²) in [5, 5.41) is 4.31. The van der Waals surface area contributed by atoms with E-state index >= 15 is 0 Å². The summed E-state index contributed by atoms with van der Waals surface area (Å²) in [5.74, 6) is 1.24. The van der Waals surface area contributed by atoms with E-state index in [1.807, 2.05) is 25.1 Å². The standard InChI is InChI=1S/C17H28ClNO2/c1-6-10-19-16(17(12(3)4)21-7-2)14-11-13(18)8-9-15(14)20-5/h8-9,11-12,16-17,19H,6-7,10H2,1-5H3. The topological polar surface area (TPSA) is 30.5 Å². The number of halogens is 1. The van der Waals surface area contributed by atoms with E-state index in [2.05, 4.69) is 26.1 Å². The largest absolute Gasteiger partial charge is 0.496 e. The Hall–Kier alpha value is -0.770. The third-order valence-electron chi connectivity index (χ3n) is 3.49. The van der Waals surface area contributed by atoms with Crippen molar-refractivity contribution in [3.63, 3.8) is 0 Å². The first-order chi connectivity index (χ1) is 10.0. The highest BCUT2D eigenvalue weighted by molar-refractivity contribution is 6.30. The van der Waals surface area contributed by atoms with E-state index < -0.39 is 0 Å². The highest BCUT2D eigenvalue weighted by Crippen LogP contribution is 2.33. The number of hydrogen-bond donors (Lipinski definition) is 1. The summed E-state index contributed by atoms with van der Waals surface area (Å²) >= 11 is 6.19. The predicted octanol–water partition coefficient (Wildman–Crippen LogP) is 4.45. The zero-order chi connectivity index (χ0) is 15.8. The molecule has 0 aliphatic heterocycles. The van der Waals surface area contributed by atoms with E-state index in [1.54, 1.807) is 7.11 Å². The molecule has 0 radical (unpaired) electrons. The normalized spacial score (nSPS) is 14.2. The van der Waals surface area contributed by atoms with Crippen molar-refractivity contribution in [2.24, 2.45) is 5.92 Å². The minimum atomic E-state index is 0.0681. The van der Waals surface area contributed by atoms with Gasteiger partial charge in [0, 0.05) is 17.2 Å². The van der Waals surface area contributed by atoms with Crippen molar-refractivity contribution >= 4 is 11.6 Å². The SMILES string of the molecule is CCCNC(c1cc(Cl)ccc1OC)C(OCC)C(C)C. The van der Waals surface area contributed by atoms with Gasteiger partial charge in [-0.25, -0.2) is 0 Å². The van der Waals surface area contributed by atoms with Gasteiger partial charge in [0.1, 0.15) is 5.75 Å². The molecule has 0 saturated carbocycles. The highest BCUT2D eigenvalue weighted by Gasteiger charge is 2.28. The molecule has 0 heterocycles. The molecular formula is C17H28ClNO2. The molecule has 120 valence electrons. The molecule has 1 N–H and O–H groups in total. The summed E-state index contributed by atoms with van der Waals surface area (Å²) in [6.07, 6.45) is 1.14. The van der Waals surface area contributed by atoms with Crippen molar-refractivity contribution in [1.29, 1.82) is 0 Å². The Morgan fingerprint density at radius 2 is 1.95 bits per heavy atom. The summed E-state index contributed by atoms with van der Waals surface area (Å²) in [7, 11) is 1.69. The van der Waals surface area contributed by atoms with Crippen LogP contribution in [0.2, 0.25) is 5.02 Å². The summed E-state index contributed by atoms with van der Waals surface area (Å²) in [6, 6.07) is 5.81. The first-order valence-electron chi connectivity index (χ1n) is 7.73. The maximum Gasteiger partial charge on any atom is 0.123 e. The fourth-order valence-electron chi connectivity index (χ4n) is 2.52. The van der Waals surface area contributed by atoms with E-state index in [9.17, 15) is 0 Å². The monoisotopic (exact) mass is 313 g/mol. The molecule has 1 aromatic carbocycles. The van der Waals surface area contributed by atoms with Gasteiger partial charge in [-0.1, -0.05) is 32.4 Å². The summed E-state index contributed by atoms with van der Waals surface area (Å²) in [5.41, 5.74) is 1.06. The first-order valence-corrected chi connectivity index (χ1v) is 8.11. The van der Waals surface area contributed by atoms with Crippen LogP contribution in [0, 0.1) is 5.92 Å². The lowest BCUT2D eigenvalue weighted by Crippen LogP contribution is -2.38. The predicted molar refractivity (Wildman–Crippen MR) is 89.3 cm³/mol. The maximum absolute atomic E-state index is 6.19. The van der Waals surface area contributed by atoms with Crippen LogP contribution in [0.25, 0.3) is 0 Å². The van der Waals surface area contributed by atoms with Crippen LogP contribution >= 0.6 is 11.6 Å². The fourth-order valence-corrected chi connectivity index (χ4v) is 2.70. The molecule has 21 heavy (non-hydrogen) atoms. The van der Waals surface area contributed by atoms with Crippen LogP contribution < -0.4 is 10.1 Å². The number of methoxy groups -OCH3 is 1.